The van der Waals surface area contributed by atoms with Crippen molar-refractivity contribution < 1.29 is 4.52 Å². The number of benzene rings is 1. The SMILES string of the molecule is Nc1nc(Nc2ccccc2)nc(-c2noc(C3CCNCC3)n2)n1. The Morgan fingerprint density at radius 3 is 2.60 bits per heavy atom. The summed E-state index contributed by atoms with van der Waals surface area (Å²) in [5, 5.41) is 10.4. The monoisotopic (exact) mass is 338 g/mol. The molecule has 0 spiro atoms. The van der Waals surface area contributed by atoms with E-state index in [0.29, 0.717) is 17.7 Å². The molecule has 2 aromatic heterocycles. The third-order valence-electron chi connectivity index (χ3n) is 4.01. The number of hydrogen-bond acceptors (Lipinski definition) is 9. The summed E-state index contributed by atoms with van der Waals surface area (Å²) in [5.74, 6) is 1.92. The van der Waals surface area contributed by atoms with Crippen molar-refractivity contribution in [2.24, 2.45) is 0 Å². The minimum atomic E-state index is 0.0941. The van der Waals surface area contributed by atoms with Gasteiger partial charge in [0, 0.05) is 11.6 Å². The summed E-state index contributed by atoms with van der Waals surface area (Å²) in [5.41, 5.74) is 6.65. The van der Waals surface area contributed by atoms with Crippen LogP contribution >= 0.6 is 0 Å². The summed E-state index contributed by atoms with van der Waals surface area (Å²) in [4.78, 5) is 17.0. The maximum atomic E-state index is 5.80. The van der Waals surface area contributed by atoms with E-state index in [1.165, 1.54) is 0 Å². The summed E-state index contributed by atoms with van der Waals surface area (Å²) in [6, 6.07) is 9.57. The first kappa shape index (κ1) is 15.5. The van der Waals surface area contributed by atoms with Gasteiger partial charge in [-0.1, -0.05) is 23.4 Å². The molecule has 1 saturated heterocycles. The van der Waals surface area contributed by atoms with Crippen LogP contribution in [0.3, 0.4) is 0 Å². The smallest absolute Gasteiger partial charge is 0.240 e. The molecular weight excluding hydrogens is 320 g/mol. The van der Waals surface area contributed by atoms with Crippen molar-refractivity contribution in [3.05, 3.63) is 36.2 Å². The standard InChI is InChI=1S/C16H18N8O/c17-15-21-12(22-16(23-15)19-11-4-2-1-3-5-11)13-20-14(25-24-13)10-6-8-18-9-7-10/h1-5,10,18H,6-9H2,(H3,17,19,21,22,23). The first-order valence-corrected chi connectivity index (χ1v) is 8.16. The summed E-state index contributed by atoms with van der Waals surface area (Å²) in [7, 11) is 0. The van der Waals surface area contributed by atoms with Crippen LogP contribution in [0.2, 0.25) is 0 Å². The lowest BCUT2D eigenvalue weighted by atomic mass is 9.98. The maximum absolute atomic E-state index is 5.80. The molecule has 3 aromatic rings. The summed E-state index contributed by atoms with van der Waals surface area (Å²) in [6.07, 6.45) is 1.95. The van der Waals surface area contributed by atoms with Crippen LogP contribution in [-0.2, 0) is 0 Å². The number of nitrogen functional groups attached to an aromatic ring is 1. The molecule has 1 fully saturated rings. The van der Waals surface area contributed by atoms with Gasteiger partial charge in [0.25, 0.3) is 0 Å². The van der Waals surface area contributed by atoms with Gasteiger partial charge in [-0.2, -0.15) is 19.9 Å². The average molecular weight is 338 g/mol. The zero-order valence-corrected chi connectivity index (χ0v) is 13.5. The molecule has 9 heteroatoms. The molecule has 0 aliphatic carbocycles. The topological polar surface area (TPSA) is 128 Å². The highest BCUT2D eigenvalue weighted by atomic mass is 16.5. The molecule has 0 atom stereocenters. The molecule has 4 rings (SSSR count). The average Bonchev–Trinajstić information content (AvgIpc) is 3.13. The van der Waals surface area contributed by atoms with E-state index >= 15 is 0 Å². The Kier molecular flexibility index (Phi) is 4.21. The molecular formula is C16H18N8O. The zero-order valence-electron chi connectivity index (χ0n) is 13.5. The van der Waals surface area contributed by atoms with Gasteiger partial charge in [0.1, 0.15) is 0 Å². The highest BCUT2D eigenvalue weighted by molar-refractivity contribution is 5.56. The van der Waals surface area contributed by atoms with Crippen LogP contribution in [0.4, 0.5) is 17.6 Å². The molecule has 0 unspecified atom stereocenters. The van der Waals surface area contributed by atoms with Gasteiger partial charge >= 0.3 is 0 Å². The van der Waals surface area contributed by atoms with E-state index in [2.05, 4.69) is 35.7 Å². The molecule has 0 radical (unpaired) electrons. The maximum Gasteiger partial charge on any atom is 0.240 e. The Bertz CT molecular complexity index is 844. The normalized spacial score (nSPS) is 15.2. The second-order valence-corrected chi connectivity index (χ2v) is 5.81. The summed E-state index contributed by atoms with van der Waals surface area (Å²) >= 11 is 0. The van der Waals surface area contributed by atoms with Gasteiger partial charge in [0.15, 0.2) is 0 Å². The molecule has 1 aliphatic rings. The molecule has 1 aliphatic heterocycles. The number of para-hydroxylation sites is 1. The zero-order chi connectivity index (χ0) is 17.1. The van der Waals surface area contributed by atoms with E-state index in [1.807, 2.05) is 30.3 Å². The van der Waals surface area contributed by atoms with Crippen LogP contribution in [0.5, 0.6) is 0 Å². The van der Waals surface area contributed by atoms with Crippen molar-refractivity contribution in [2.45, 2.75) is 18.8 Å². The Labute approximate surface area is 144 Å². The second kappa shape index (κ2) is 6.81. The van der Waals surface area contributed by atoms with E-state index in [1.54, 1.807) is 0 Å². The Morgan fingerprint density at radius 1 is 1.00 bits per heavy atom. The number of nitrogens with two attached hydrogens (primary N) is 1. The van der Waals surface area contributed by atoms with Crippen LogP contribution in [0, 0.1) is 0 Å². The number of piperidine rings is 1. The number of anilines is 3. The van der Waals surface area contributed by atoms with Crippen molar-refractivity contribution in [3.63, 3.8) is 0 Å². The van der Waals surface area contributed by atoms with E-state index in [-0.39, 0.29) is 17.7 Å². The lowest BCUT2D eigenvalue weighted by molar-refractivity contribution is 0.320. The van der Waals surface area contributed by atoms with Crippen molar-refractivity contribution >= 4 is 17.6 Å². The van der Waals surface area contributed by atoms with Crippen LogP contribution < -0.4 is 16.4 Å². The molecule has 4 N–H and O–H groups in total. The summed E-state index contributed by atoms with van der Waals surface area (Å²) < 4.78 is 5.41. The predicted octanol–water partition coefficient (Wildman–Crippen LogP) is 1.71. The molecule has 128 valence electrons. The van der Waals surface area contributed by atoms with Crippen LogP contribution in [-0.4, -0.2) is 38.2 Å². The fraction of sp³-hybridized carbons (Fsp3) is 0.312. The third-order valence-corrected chi connectivity index (χ3v) is 4.01. The number of nitrogens with one attached hydrogen (secondary N) is 2. The lowest BCUT2D eigenvalue weighted by Crippen LogP contribution is -2.26. The highest BCUT2D eigenvalue weighted by Crippen LogP contribution is 2.25. The lowest BCUT2D eigenvalue weighted by Gasteiger charge is -2.18. The largest absolute Gasteiger partial charge is 0.368 e. The van der Waals surface area contributed by atoms with Gasteiger partial charge in [0.2, 0.25) is 29.4 Å². The van der Waals surface area contributed by atoms with Crippen molar-refractivity contribution in [1.82, 2.24) is 30.4 Å². The molecule has 25 heavy (non-hydrogen) atoms. The minimum Gasteiger partial charge on any atom is -0.368 e. The Hall–Kier alpha value is -3.07. The van der Waals surface area contributed by atoms with Gasteiger partial charge in [-0.25, -0.2) is 0 Å². The van der Waals surface area contributed by atoms with Crippen LogP contribution in [0.25, 0.3) is 11.6 Å². The molecule has 0 bridgehead atoms. The van der Waals surface area contributed by atoms with Crippen LogP contribution in [0.15, 0.2) is 34.9 Å². The van der Waals surface area contributed by atoms with Gasteiger partial charge in [-0.3, -0.25) is 0 Å². The molecule has 0 saturated carbocycles. The molecule has 3 heterocycles. The van der Waals surface area contributed by atoms with E-state index in [9.17, 15) is 0 Å². The van der Waals surface area contributed by atoms with E-state index in [0.717, 1.165) is 31.6 Å². The first-order chi connectivity index (χ1) is 12.3. The summed E-state index contributed by atoms with van der Waals surface area (Å²) in [6.45, 7) is 1.90. The molecule has 9 nitrogen and oxygen atoms in total. The fourth-order valence-corrected chi connectivity index (χ4v) is 2.76. The van der Waals surface area contributed by atoms with Gasteiger partial charge in [-0.05, 0) is 38.1 Å². The quantitative estimate of drug-likeness (QED) is 0.651. The van der Waals surface area contributed by atoms with Crippen molar-refractivity contribution in [1.29, 1.82) is 0 Å². The fourth-order valence-electron chi connectivity index (χ4n) is 2.76. The third kappa shape index (κ3) is 3.56. The number of rotatable bonds is 4. The van der Waals surface area contributed by atoms with Crippen LogP contribution in [0.1, 0.15) is 24.7 Å². The highest BCUT2D eigenvalue weighted by Gasteiger charge is 2.23. The number of hydrogen-bond donors (Lipinski definition) is 3. The minimum absolute atomic E-state index is 0.0941. The van der Waals surface area contributed by atoms with Gasteiger partial charge in [0.05, 0.1) is 0 Å². The van der Waals surface area contributed by atoms with Gasteiger partial charge < -0.3 is 20.9 Å². The number of aromatic nitrogens is 5. The van der Waals surface area contributed by atoms with Gasteiger partial charge in [-0.15, -0.1) is 0 Å². The predicted molar refractivity (Wildman–Crippen MR) is 92.1 cm³/mol. The van der Waals surface area contributed by atoms with Crippen molar-refractivity contribution in [2.75, 3.05) is 24.1 Å². The second-order valence-electron chi connectivity index (χ2n) is 5.81. The molecule has 1 aromatic carbocycles. The number of nitrogens with zero attached hydrogens (tertiary/aromatic N) is 5. The Balaban J connectivity index is 1.59. The van der Waals surface area contributed by atoms with E-state index < -0.39 is 0 Å². The van der Waals surface area contributed by atoms with E-state index in [4.69, 9.17) is 10.3 Å². The molecule has 0 amide bonds. The first-order valence-electron chi connectivity index (χ1n) is 8.16. The Morgan fingerprint density at radius 2 is 1.80 bits per heavy atom. The van der Waals surface area contributed by atoms with Crippen molar-refractivity contribution in [3.8, 4) is 11.6 Å².